The highest BCUT2D eigenvalue weighted by Crippen LogP contribution is 2.39. The van der Waals surface area contributed by atoms with Crippen LogP contribution < -0.4 is 4.72 Å². The third kappa shape index (κ3) is 4.25. The lowest BCUT2D eigenvalue weighted by molar-refractivity contribution is -0.129. The van der Waals surface area contributed by atoms with Crippen LogP contribution in [-0.4, -0.2) is 47.2 Å². The maximum absolute atomic E-state index is 12.8. The zero-order chi connectivity index (χ0) is 19.9. The van der Waals surface area contributed by atoms with Crippen LogP contribution in [0.25, 0.3) is 0 Å². The molecular formula is C17H28N4O4S. The number of likely N-dealkylation sites (tertiary alicyclic amines) is 1. The van der Waals surface area contributed by atoms with E-state index < -0.39 is 33.3 Å². The topological polar surface area (TPSA) is 101 Å². The standard InChI is InChI=1S/C17H28N4O4S/c1-7-21-14(22)8-12(15(21)13-9-18-20(6)11(13)2)16(23)19-26(24,25)10-17(3,4)5/h9,12,15H,7-8,10H2,1-6H3,(H,19,23)/t12-,15-/m0/s1. The summed E-state index contributed by atoms with van der Waals surface area (Å²) in [4.78, 5) is 26.8. The van der Waals surface area contributed by atoms with Crippen molar-refractivity contribution in [3.8, 4) is 0 Å². The van der Waals surface area contributed by atoms with E-state index in [0.717, 1.165) is 11.3 Å². The van der Waals surface area contributed by atoms with Gasteiger partial charge in [0.25, 0.3) is 0 Å². The van der Waals surface area contributed by atoms with E-state index in [1.807, 2.05) is 13.8 Å². The van der Waals surface area contributed by atoms with Gasteiger partial charge in [-0.3, -0.25) is 19.0 Å². The van der Waals surface area contributed by atoms with Gasteiger partial charge in [-0.1, -0.05) is 20.8 Å². The first-order valence-electron chi connectivity index (χ1n) is 8.68. The largest absolute Gasteiger partial charge is 0.335 e. The first-order valence-corrected chi connectivity index (χ1v) is 10.3. The fourth-order valence-corrected chi connectivity index (χ4v) is 5.09. The molecular weight excluding hydrogens is 356 g/mol. The summed E-state index contributed by atoms with van der Waals surface area (Å²) in [7, 11) is -1.99. The van der Waals surface area contributed by atoms with Crippen LogP contribution in [0.3, 0.4) is 0 Å². The number of hydrogen-bond donors (Lipinski definition) is 1. The second kappa shape index (κ2) is 7.02. The van der Waals surface area contributed by atoms with E-state index in [1.54, 1.807) is 43.6 Å². The fraction of sp³-hybridized carbons (Fsp3) is 0.706. The normalized spacial score (nSPS) is 21.3. The number of carbonyl (C=O) groups is 2. The van der Waals surface area contributed by atoms with Gasteiger partial charge in [0.15, 0.2) is 0 Å². The van der Waals surface area contributed by atoms with E-state index in [-0.39, 0.29) is 18.1 Å². The molecule has 0 radical (unpaired) electrons. The lowest BCUT2D eigenvalue weighted by Gasteiger charge is -2.27. The maximum atomic E-state index is 12.8. The summed E-state index contributed by atoms with van der Waals surface area (Å²) in [6.07, 6.45) is 1.63. The second-order valence-corrected chi connectivity index (χ2v) is 9.75. The van der Waals surface area contributed by atoms with E-state index in [2.05, 4.69) is 9.82 Å². The van der Waals surface area contributed by atoms with Crippen molar-refractivity contribution in [3.63, 3.8) is 0 Å². The van der Waals surface area contributed by atoms with Crippen molar-refractivity contribution in [3.05, 3.63) is 17.5 Å². The Bertz CT molecular complexity index is 807. The Morgan fingerprint density at radius 2 is 2.00 bits per heavy atom. The molecule has 1 N–H and O–H groups in total. The van der Waals surface area contributed by atoms with Crippen molar-refractivity contribution in [1.29, 1.82) is 0 Å². The van der Waals surface area contributed by atoms with Crippen LogP contribution >= 0.6 is 0 Å². The van der Waals surface area contributed by atoms with Crippen molar-refractivity contribution in [2.75, 3.05) is 12.3 Å². The molecule has 0 saturated carbocycles. The third-order valence-electron chi connectivity index (χ3n) is 4.58. The molecule has 2 amide bonds. The number of nitrogens with one attached hydrogen (secondary N) is 1. The van der Waals surface area contributed by atoms with Crippen LogP contribution in [0.5, 0.6) is 0 Å². The number of sulfonamides is 1. The maximum Gasteiger partial charge on any atom is 0.239 e. The minimum absolute atomic E-state index is 0.0102. The van der Waals surface area contributed by atoms with Crippen LogP contribution in [0.15, 0.2) is 6.20 Å². The average molecular weight is 385 g/mol. The molecule has 0 bridgehead atoms. The van der Waals surface area contributed by atoms with Gasteiger partial charge in [-0.2, -0.15) is 5.10 Å². The minimum Gasteiger partial charge on any atom is -0.335 e. The van der Waals surface area contributed by atoms with Crippen LogP contribution in [0.4, 0.5) is 0 Å². The van der Waals surface area contributed by atoms with Gasteiger partial charge in [0.1, 0.15) is 0 Å². The van der Waals surface area contributed by atoms with Gasteiger partial charge in [-0.25, -0.2) is 8.42 Å². The third-order valence-corrected chi connectivity index (χ3v) is 6.34. The lowest BCUT2D eigenvalue weighted by atomic mass is 9.93. The molecule has 1 aliphatic rings. The molecule has 2 rings (SSSR count). The highest BCUT2D eigenvalue weighted by atomic mass is 32.2. The average Bonchev–Trinajstić information content (AvgIpc) is 2.96. The summed E-state index contributed by atoms with van der Waals surface area (Å²) in [5.41, 5.74) is 1.14. The smallest absolute Gasteiger partial charge is 0.239 e. The predicted molar refractivity (Wildman–Crippen MR) is 97.6 cm³/mol. The Morgan fingerprint density at radius 3 is 2.46 bits per heavy atom. The SMILES string of the molecule is CCN1C(=O)C[C@H](C(=O)NS(=O)(=O)CC(C)(C)C)[C@H]1c1cnn(C)c1C. The lowest BCUT2D eigenvalue weighted by Crippen LogP contribution is -2.41. The monoisotopic (exact) mass is 384 g/mol. The Balaban J connectivity index is 2.32. The number of aromatic nitrogens is 2. The van der Waals surface area contributed by atoms with Gasteiger partial charge in [-0.05, 0) is 19.3 Å². The molecule has 2 heterocycles. The van der Waals surface area contributed by atoms with Crippen LogP contribution in [0.1, 0.15) is 51.4 Å². The molecule has 8 nitrogen and oxygen atoms in total. The van der Waals surface area contributed by atoms with Gasteiger partial charge in [0.2, 0.25) is 21.8 Å². The molecule has 1 fully saturated rings. The Morgan fingerprint density at radius 1 is 1.38 bits per heavy atom. The molecule has 2 atom stereocenters. The number of rotatable bonds is 5. The molecule has 1 saturated heterocycles. The summed E-state index contributed by atoms with van der Waals surface area (Å²) < 4.78 is 28.5. The van der Waals surface area contributed by atoms with Crippen molar-refractivity contribution < 1.29 is 18.0 Å². The summed E-state index contributed by atoms with van der Waals surface area (Å²) in [5.74, 6) is -1.72. The number of amides is 2. The molecule has 1 aromatic rings. The van der Waals surface area contributed by atoms with Gasteiger partial charge in [0.05, 0.1) is 23.9 Å². The number of aryl methyl sites for hydroxylation is 1. The first kappa shape index (κ1) is 20.4. The predicted octanol–water partition coefficient (Wildman–Crippen LogP) is 1.13. The van der Waals surface area contributed by atoms with E-state index in [9.17, 15) is 18.0 Å². The fourth-order valence-electron chi connectivity index (χ4n) is 3.42. The van der Waals surface area contributed by atoms with E-state index in [4.69, 9.17) is 0 Å². The molecule has 0 aromatic carbocycles. The van der Waals surface area contributed by atoms with Crippen molar-refractivity contribution in [2.45, 2.75) is 47.1 Å². The summed E-state index contributed by atoms with van der Waals surface area (Å²) in [6.45, 7) is 9.51. The van der Waals surface area contributed by atoms with Crippen LogP contribution in [0, 0.1) is 18.3 Å². The van der Waals surface area contributed by atoms with Crippen molar-refractivity contribution >= 4 is 21.8 Å². The Hall–Kier alpha value is -1.90. The van der Waals surface area contributed by atoms with E-state index >= 15 is 0 Å². The Kier molecular flexibility index (Phi) is 5.51. The molecule has 9 heteroatoms. The van der Waals surface area contributed by atoms with Gasteiger partial charge in [0, 0.05) is 31.3 Å². The highest BCUT2D eigenvalue weighted by Gasteiger charge is 2.46. The van der Waals surface area contributed by atoms with E-state index in [1.165, 1.54) is 0 Å². The van der Waals surface area contributed by atoms with Gasteiger partial charge >= 0.3 is 0 Å². The summed E-state index contributed by atoms with van der Waals surface area (Å²) in [6, 6.07) is -0.508. The van der Waals surface area contributed by atoms with Crippen LogP contribution in [-0.2, 0) is 26.7 Å². The Labute approximate surface area is 155 Å². The van der Waals surface area contributed by atoms with Gasteiger partial charge in [-0.15, -0.1) is 0 Å². The number of carbonyl (C=O) groups excluding carboxylic acids is 2. The molecule has 1 aromatic heterocycles. The first-order chi connectivity index (χ1) is 11.9. The number of hydrogen-bond acceptors (Lipinski definition) is 5. The quantitative estimate of drug-likeness (QED) is 0.820. The minimum atomic E-state index is -3.78. The zero-order valence-corrected chi connectivity index (χ0v) is 17.1. The molecule has 0 spiro atoms. The van der Waals surface area contributed by atoms with Crippen molar-refractivity contribution in [1.82, 2.24) is 19.4 Å². The second-order valence-electron chi connectivity index (χ2n) is 8.03. The van der Waals surface area contributed by atoms with Gasteiger partial charge < -0.3 is 4.90 Å². The summed E-state index contributed by atoms with van der Waals surface area (Å²) >= 11 is 0. The molecule has 146 valence electrons. The molecule has 26 heavy (non-hydrogen) atoms. The number of nitrogens with zero attached hydrogens (tertiary/aromatic N) is 3. The van der Waals surface area contributed by atoms with Crippen molar-refractivity contribution in [2.24, 2.45) is 18.4 Å². The molecule has 0 unspecified atom stereocenters. The molecule has 1 aliphatic heterocycles. The van der Waals surface area contributed by atoms with Crippen LogP contribution in [0.2, 0.25) is 0 Å². The molecule has 0 aliphatic carbocycles. The highest BCUT2D eigenvalue weighted by molar-refractivity contribution is 7.90. The van der Waals surface area contributed by atoms with E-state index in [0.29, 0.717) is 6.54 Å². The zero-order valence-electron chi connectivity index (χ0n) is 16.2. The summed E-state index contributed by atoms with van der Waals surface area (Å²) in [5, 5.41) is 4.20.